The predicted octanol–water partition coefficient (Wildman–Crippen LogP) is 2.28. The van der Waals surface area contributed by atoms with Crippen molar-refractivity contribution in [2.75, 3.05) is 6.61 Å². The summed E-state index contributed by atoms with van der Waals surface area (Å²) in [4.78, 5) is 0.906. The van der Waals surface area contributed by atoms with E-state index in [-0.39, 0.29) is 12.6 Å². The Bertz CT molecular complexity index is 488. The zero-order valence-corrected chi connectivity index (χ0v) is 12.6. The second-order valence-corrected chi connectivity index (χ2v) is 8.11. The van der Waals surface area contributed by atoms with Crippen LogP contribution in [0.4, 0.5) is 0 Å². The molecule has 0 unspecified atom stereocenters. The summed E-state index contributed by atoms with van der Waals surface area (Å²) in [5.41, 5.74) is 0. The van der Waals surface area contributed by atoms with Crippen molar-refractivity contribution in [3.05, 3.63) is 17.0 Å². The normalized spacial score (nSPS) is 18.4. The van der Waals surface area contributed by atoms with Crippen molar-refractivity contribution < 1.29 is 13.5 Å². The lowest BCUT2D eigenvalue weighted by molar-refractivity contribution is 0.300. The minimum absolute atomic E-state index is 0.0516. The van der Waals surface area contributed by atoms with Crippen LogP contribution < -0.4 is 4.72 Å². The van der Waals surface area contributed by atoms with Gasteiger partial charge in [-0.1, -0.05) is 25.7 Å². The first-order valence-electron chi connectivity index (χ1n) is 6.84. The molecule has 0 spiro atoms. The van der Waals surface area contributed by atoms with Gasteiger partial charge >= 0.3 is 0 Å². The Kier molecular flexibility index (Phi) is 5.38. The molecule has 1 saturated carbocycles. The largest absolute Gasteiger partial charge is 0.396 e. The van der Waals surface area contributed by atoms with E-state index < -0.39 is 10.0 Å². The zero-order chi connectivity index (χ0) is 13.7. The van der Waals surface area contributed by atoms with Gasteiger partial charge in [0, 0.05) is 23.9 Å². The molecule has 19 heavy (non-hydrogen) atoms. The van der Waals surface area contributed by atoms with E-state index in [1.54, 1.807) is 12.1 Å². The van der Waals surface area contributed by atoms with Gasteiger partial charge in [0.15, 0.2) is 0 Å². The fourth-order valence-corrected chi connectivity index (χ4v) is 5.09. The van der Waals surface area contributed by atoms with Crippen molar-refractivity contribution in [2.45, 2.75) is 55.2 Å². The molecule has 2 rings (SSSR count). The molecule has 1 fully saturated rings. The van der Waals surface area contributed by atoms with E-state index in [1.807, 2.05) is 0 Å². The van der Waals surface area contributed by atoms with E-state index in [9.17, 15) is 8.42 Å². The summed E-state index contributed by atoms with van der Waals surface area (Å²) >= 11 is 1.25. The molecule has 0 aromatic carbocycles. The third-order valence-corrected chi connectivity index (χ3v) is 6.59. The lowest BCUT2D eigenvalue weighted by atomic mass is 10.1. The highest BCUT2D eigenvalue weighted by molar-refractivity contribution is 7.91. The fraction of sp³-hybridized carbons (Fsp3) is 0.692. The number of nitrogens with one attached hydrogen (secondary N) is 1. The van der Waals surface area contributed by atoms with Gasteiger partial charge in [0.2, 0.25) is 10.0 Å². The molecular formula is C13H21NO3S2. The van der Waals surface area contributed by atoms with Gasteiger partial charge in [-0.3, -0.25) is 0 Å². The van der Waals surface area contributed by atoms with Crippen LogP contribution in [0.1, 0.15) is 43.4 Å². The number of aliphatic hydroxyl groups is 1. The smallest absolute Gasteiger partial charge is 0.250 e. The quantitative estimate of drug-likeness (QED) is 0.820. The molecule has 1 aromatic heterocycles. The van der Waals surface area contributed by atoms with Gasteiger partial charge in [-0.2, -0.15) is 0 Å². The van der Waals surface area contributed by atoms with Crippen molar-refractivity contribution in [3.63, 3.8) is 0 Å². The minimum Gasteiger partial charge on any atom is -0.396 e. The number of hydrogen-bond donors (Lipinski definition) is 2. The zero-order valence-electron chi connectivity index (χ0n) is 11.0. The molecule has 0 bridgehead atoms. The Morgan fingerprint density at radius 1 is 1.21 bits per heavy atom. The molecule has 1 heterocycles. The summed E-state index contributed by atoms with van der Waals surface area (Å²) in [5.74, 6) is 0. The van der Waals surface area contributed by atoms with Crippen molar-refractivity contribution in [1.82, 2.24) is 4.72 Å². The van der Waals surface area contributed by atoms with Crippen LogP contribution in [-0.4, -0.2) is 26.2 Å². The number of aliphatic hydroxyl groups excluding tert-OH is 1. The Hall–Kier alpha value is -0.430. The van der Waals surface area contributed by atoms with E-state index in [0.29, 0.717) is 10.6 Å². The maximum atomic E-state index is 12.3. The van der Waals surface area contributed by atoms with Crippen LogP contribution >= 0.6 is 11.3 Å². The maximum Gasteiger partial charge on any atom is 0.250 e. The summed E-state index contributed by atoms with van der Waals surface area (Å²) in [7, 11) is -3.39. The molecule has 1 aliphatic carbocycles. The van der Waals surface area contributed by atoms with Gasteiger partial charge in [-0.15, -0.1) is 11.3 Å². The number of thiophene rings is 1. The molecule has 0 radical (unpaired) electrons. The van der Waals surface area contributed by atoms with Crippen LogP contribution in [-0.2, 0) is 16.4 Å². The predicted molar refractivity (Wildman–Crippen MR) is 76.9 cm³/mol. The lowest BCUT2D eigenvalue weighted by Crippen LogP contribution is -2.33. The van der Waals surface area contributed by atoms with Crippen molar-refractivity contribution in [1.29, 1.82) is 0 Å². The number of sulfonamides is 1. The highest BCUT2D eigenvalue weighted by atomic mass is 32.2. The molecule has 1 aliphatic rings. The van der Waals surface area contributed by atoms with Crippen LogP contribution in [0.15, 0.2) is 16.3 Å². The van der Waals surface area contributed by atoms with Gasteiger partial charge < -0.3 is 5.11 Å². The Morgan fingerprint density at radius 2 is 1.89 bits per heavy atom. The first kappa shape index (κ1) is 15.0. The number of hydrogen-bond acceptors (Lipinski definition) is 4. The Balaban J connectivity index is 2.03. The van der Waals surface area contributed by atoms with Crippen LogP contribution in [0, 0.1) is 0 Å². The summed E-state index contributed by atoms with van der Waals surface area (Å²) < 4.78 is 27.7. The molecule has 4 nitrogen and oxygen atoms in total. The third-order valence-electron chi connectivity index (χ3n) is 3.44. The standard InChI is InChI=1S/C13H21NO3S2/c15-10-9-12-7-8-13(18-12)19(16,17)14-11-5-3-1-2-4-6-11/h7-8,11,14-15H,1-6,9-10H2. The van der Waals surface area contributed by atoms with E-state index >= 15 is 0 Å². The Labute approximate surface area is 118 Å². The van der Waals surface area contributed by atoms with Crippen LogP contribution in [0.25, 0.3) is 0 Å². The first-order valence-corrected chi connectivity index (χ1v) is 9.14. The van der Waals surface area contributed by atoms with E-state index in [4.69, 9.17) is 5.11 Å². The third kappa shape index (κ3) is 4.27. The molecule has 1 aromatic rings. The second-order valence-electron chi connectivity index (χ2n) is 5.00. The van der Waals surface area contributed by atoms with E-state index in [2.05, 4.69) is 4.72 Å². The molecular weight excluding hydrogens is 282 g/mol. The molecule has 0 aliphatic heterocycles. The monoisotopic (exact) mass is 303 g/mol. The Morgan fingerprint density at radius 3 is 2.53 bits per heavy atom. The highest BCUT2D eigenvalue weighted by Crippen LogP contribution is 2.24. The molecule has 108 valence electrons. The van der Waals surface area contributed by atoms with Gasteiger partial charge in [0.05, 0.1) is 0 Å². The molecule has 0 atom stereocenters. The second kappa shape index (κ2) is 6.83. The summed E-state index contributed by atoms with van der Waals surface area (Å²) in [6.45, 7) is 0.0516. The average molecular weight is 303 g/mol. The fourth-order valence-electron chi connectivity index (χ4n) is 2.42. The van der Waals surface area contributed by atoms with Crippen molar-refractivity contribution in [2.24, 2.45) is 0 Å². The highest BCUT2D eigenvalue weighted by Gasteiger charge is 2.22. The van der Waals surface area contributed by atoms with Crippen molar-refractivity contribution >= 4 is 21.4 Å². The topological polar surface area (TPSA) is 66.4 Å². The van der Waals surface area contributed by atoms with Gasteiger partial charge in [-0.25, -0.2) is 13.1 Å². The lowest BCUT2D eigenvalue weighted by Gasteiger charge is -2.15. The minimum atomic E-state index is -3.39. The van der Waals surface area contributed by atoms with Gasteiger partial charge in [-0.05, 0) is 25.0 Å². The van der Waals surface area contributed by atoms with Crippen LogP contribution in [0.3, 0.4) is 0 Å². The van der Waals surface area contributed by atoms with E-state index in [1.165, 1.54) is 24.2 Å². The SMILES string of the molecule is O=S(=O)(NC1CCCCCC1)c1ccc(CCO)s1. The van der Waals surface area contributed by atoms with Crippen LogP contribution in [0.2, 0.25) is 0 Å². The molecule has 0 amide bonds. The van der Waals surface area contributed by atoms with Crippen LogP contribution in [0.5, 0.6) is 0 Å². The average Bonchev–Trinajstić information content (AvgIpc) is 2.69. The molecule has 0 saturated heterocycles. The van der Waals surface area contributed by atoms with Gasteiger partial charge in [0.25, 0.3) is 0 Å². The summed E-state index contributed by atoms with van der Waals surface area (Å²) in [6, 6.07) is 3.49. The molecule has 2 N–H and O–H groups in total. The summed E-state index contributed by atoms with van der Waals surface area (Å²) in [5, 5.41) is 8.87. The first-order chi connectivity index (χ1) is 9.12. The molecule has 6 heteroatoms. The van der Waals surface area contributed by atoms with Crippen molar-refractivity contribution in [3.8, 4) is 0 Å². The summed E-state index contributed by atoms with van der Waals surface area (Å²) in [6.07, 6.45) is 7.02. The maximum absolute atomic E-state index is 12.3. The van der Waals surface area contributed by atoms with E-state index in [0.717, 1.165) is 30.6 Å². The van der Waals surface area contributed by atoms with Gasteiger partial charge in [0.1, 0.15) is 4.21 Å². The number of rotatable bonds is 5.